The van der Waals surface area contributed by atoms with Gasteiger partial charge in [-0.3, -0.25) is 0 Å². The van der Waals surface area contributed by atoms with Crippen molar-refractivity contribution in [3.05, 3.63) is 29.8 Å². The van der Waals surface area contributed by atoms with Gasteiger partial charge in [-0.25, -0.2) is 0 Å². The Hall–Kier alpha value is -0.750. The first kappa shape index (κ1) is 12.3. The summed E-state index contributed by atoms with van der Waals surface area (Å²) in [5, 5.41) is -1.24. The maximum absolute atomic E-state index is 9.26. The van der Waals surface area contributed by atoms with Crippen LogP contribution in [0.3, 0.4) is 0 Å². The molecule has 0 amide bonds. The second kappa shape index (κ2) is 5.37. The molecule has 0 atom stereocenters. The second-order valence-electron chi connectivity index (χ2n) is 2.76. The topological polar surface area (TPSA) is 47.9 Å². The van der Waals surface area contributed by atoms with Gasteiger partial charge in [-0.05, 0) is 12.1 Å². The van der Waals surface area contributed by atoms with Crippen molar-refractivity contribution in [3.8, 4) is 5.75 Å². The fraction of sp³-hybridized carbons (Fsp3) is 0.400. The van der Waals surface area contributed by atoms with Crippen LogP contribution in [0.15, 0.2) is 24.3 Å². The fourth-order valence-corrected chi connectivity index (χ4v) is 1.74. The van der Waals surface area contributed by atoms with Gasteiger partial charge >= 0.3 is 0 Å². The smallest absolute Gasteiger partial charge is 0.274 e. The van der Waals surface area contributed by atoms with E-state index in [1.54, 1.807) is 19.2 Å². The maximum Gasteiger partial charge on any atom is 0.274 e. The number of para-hydroxylation sites is 1. The van der Waals surface area contributed by atoms with Gasteiger partial charge in [-0.15, -0.1) is 0 Å². The van der Waals surface area contributed by atoms with Crippen molar-refractivity contribution in [2.24, 2.45) is 0 Å². The van der Waals surface area contributed by atoms with E-state index < -0.39 is 5.12 Å². The van der Waals surface area contributed by atoms with Crippen molar-refractivity contribution in [3.63, 3.8) is 0 Å². The lowest BCUT2D eigenvalue weighted by Gasteiger charge is -2.28. The summed E-state index contributed by atoms with van der Waals surface area (Å²) in [7, 11) is 4.47. The van der Waals surface area contributed by atoms with Crippen molar-refractivity contribution in [1.82, 2.24) is 0 Å². The van der Waals surface area contributed by atoms with Gasteiger partial charge < -0.3 is 18.8 Å². The highest BCUT2D eigenvalue weighted by Crippen LogP contribution is 2.40. The van der Waals surface area contributed by atoms with Crippen LogP contribution in [0.25, 0.3) is 0 Å². The van der Waals surface area contributed by atoms with Crippen molar-refractivity contribution in [1.29, 1.82) is 0 Å². The Kier molecular flexibility index (Phi) is 4.41. The molecule has 4 nitrogen and oxygen atoms in total. The lowest BCUT2D eigenvalue weighted by Crippen LogP contribution is -2.27. The zero-order chi connectivity index (χ0) is 11.3. The van der Waals surface area contributed by atoms with E-state index in [0.717, 1.165) is 0 Å². The fourth-order valence-electron chi connectivity index (χ4n) is 1.32. The summed E-state index contributed by atoms with van der Waals surface area (Å²) in [6.07, 6.45) is 0. The SMILES string of the molecule is COc1ccccc1C(OC)(OC)SO. The van der Waals surface area contributed by atoms with Gasteiger partial charge in [0.05, 0.1) is 24.7 Å². The van der Waals surface area contributed by atoms with Crippen LogP contribution in [0.4, 0.5) is 0 Å². The highest BCUT2D eigenvalue weighted by Gasteiger charge is 2.36. The lowest BCUT2D eigenvalue weighted by molar-refractivity contribution is -0.144. The number of hydrogen-bond donors (Lipinski definition) is 1. The normalized spacial score (nSPS) is 11.5. The summed E-state index contributed by atoms with van der Waals surface area (Å²) >= 11 is 0.476. The Balaban J connectivity index is 3.21. The predicted octanol–water partition coefficient (Wildman–Crippen LogP) is 2.30. The standard InChI is InChI=1S/C10H14O4S/c1-12-9-7-5-4-6-8(9)10(13-2,14-3)15-11/h4-7,11H,1-3H3. The van der Waals surface area contributed by atoms with Gasteiger partial charge in [0, 0.05) is 14.2 Å². The number of methoxy groups -OCH3 is 3. The molecule has 0 spiro atoms. The first-order valence-corrected chi connectivity index (χ1v) is 5.07. The number of hydrogen-bond acceptors (Lipinski definition) is 5. The lowest BCUT2D eigenvalue weighted by atomic mass is 10.2. The summed E-state index contributed by atoms with van der Waals surface area (Å²) in [5.74, 6) is 0.600. The van der Waals surface area contributed by atoms with Gasteiger partial charge in [0.1, 0.15) is 5.75 Å². The molecule has 1 rings (SSSR count). The molecule has 5 heteroatoms. The molecule has 1 aromatic rings. The summed E-state index contributed by atoms with van der Waals surface area (Å²) in [5.41, 5.74) is 0.630. The highest BCUT2D eigenvalue weighted by molar-refractivity contribution is 7.94. The number of ether oxygens (including phenoxy) is 3. The quantitative estimate of drug-likeness (QED) is 0.621. The molecule has 0 saturated heterocycles. The van der Waals surface area contributed by atoms with Crippen molar-refractivity contribution in [2.75, 3.05) is 21.3 Å². The molecule has 0 radical (unpaired) electrons. The van der Waals surface area contributed by atoms with Crippen LogP contribution in [0, 0.1) is 0 Å². The van der Waals surface area contributed by atoms with Crippen LogP contribution in [0.2, 0.25) is 0 Å². The predicted molar refractivity (Wildman–Crippen MR) is 58.9 cm³/mol. The maximum atomic E-state index is 9.26. The summed E-state index contributed by atoms with van der Waals surface area (Å²) < 4.78 is 24.8. The first-order valence-electron chi connectivity index (χ1n) is 4.30. The number of benzene rings is 1. The monoisotopic (exact) mass is 230 g/mol. The first-order chi connectivity index (χ1) is 7.24. The third-order valence-electron chi connectivity index (χ3n) is 2.09. The summed E-state index contributed by atoms with van der Waals surface area (Å²) in [6.45, 7) is 0. The molecule has 0 unspecified atom stereocenters. The molecule has 84 valence electrons. The van der Waals surface area contributed by atoms with Gasteiger partial charge in [0.15, 0.2) is 0 Å². The molecule has 0 saturated carbocycles. The Morgan fingerprint density at radius 3 is 2.20 bits per heavy atom. The molecule has 1 N–H and O–H groups in total. The van der Waals surface area contributed by atoms with Crippen LogP contribution < -0.4 is 4.74 Å². The minimum absolute atomic E-state index is 0.476. The molecule has 15 heavy (non-hydrogen) atoms. The minimum atomic E-state index is -1.24. The zero-order valence-electron chi connectivity index (χ0n) is 8.89. The van der Waals surface area contributed by atoms with E-state index in [-0.39, 0.29) is 0 Å². The van der Waals surface area contributed by atoms with Gasteiger partial charge in [0.2, 0.25) is 0 Å². The van der Waals surface area contributed by atoms with Crippen LogP contribution in [0.5, 0.6) is 5.75 Å². The van der Waals surface area contributed by atoms with Crippen LogP contribution in [-0.2, 0) is 14.6 Å². The molecule has 0 fully saturated rings. The van der Waals surface area contributed by atoms with E-state index in [1.807, 2.05) is 12.1 Å². The molecule has 0 heterocycles. The molecular weight excluding hydrogens is 216 g/mol. The average Bonchev–Trinajstić information content (AvgIpc) is 2.33. The van der Waals surface area contributed by atoms with Gasteiger partial charge in [0.25, 0.3) is 5.12 Å². The molecule has 0 aliphatic heterocycles. The van der Waals surface area contributed by atoms with E-state index in [4.69, 9.17) is 14.2 Å². The Morgan fingerprint density at radius 1 is 1.13 bits per heavy atom. The van der Waals surface area contributed by atoms with E-state index in [1.165, 1.54) is 14.2 Å². The van der Waals surface area contributed by atoms with Gasteiger partial charge in [-0.1, -0.05) is 12.1 Å². The van der Waals surface area contributed by atoms with Crippen LogP contribution >= 0.6 is 12.0 Å². The van der Waals surface area contributed by atoms with Crippen molar-refractivity contribution >= 4 is 12.0 Å². The van der Waals surface area contributed by atoms with Crippen molar-refractivity contribution < 1.29 is 18.8 Å². The average molecular weight is 230 g/mol. The highest BCUT2D eigenvalue weighted by atomic mass is 32.2. The van der Waals surface area contributed by atoms with E-state index in [0.29, 0.717) is 23.4 Å². The molecule has 1 aromatic carbocycles. The number of rotatable bonds is 5. The molecule has 0 aromatic heterocycles. The van der Waals surface area contributed by atoms with Gasteiger partial charge in [-0.2, -0.15) is 0 Å². The Morgan fingerprint density at radius 2 is 1.73 bits per heavy atom. The Bertz CT molecular complexity index is 304. The molecule has 0 aliphatic carbocycles. The summed E-state index contributed by atoms with van der Waals surface area (Å²) in [6, 6.07) is 7.20. The largest absolute Gasteiger partial charge is 0.496 e. The third-order valence-corrected chi connectivity index (χ3v) is 2.89. The van der Waals surface area contributed by atoms with E-state index in [2.05, 4.69) is 0 Å². The van der Waals surface area contributed by atoms with Crippen LogP contribution in [-0.4, -0.2) is 25.9 Å². The van der Waals surface area contributed by atoms with E-state index >= 15 is 0 Å². The van der Waals surface area contributed by atoms with E-state index in [9.17, 15) is 4.55 Å². The van der Waals surface area contributed by atoms with Crippen LogP contribution in [0.1, 0.15) is 5.56 Å². The minimum Gasteiger partial charge on any atom is -0.496 e. The molecule has 0 bridgehead atoms. The Labute approximate surface area is 93.4 Å². The molecular formula is C10H14O4S. The van der Waals surface area contributed by atoms with Crippen molar-refractivity contribution in [2.45, 2.75) is 5.12 Å². The molecule has 0 aliphatic rings. The zero-order valence-corrected chi connectivity index (χ0v) is 9.71. The second-order valence-corrected chi connectivity index (χ2v) is 3.48. The summed E-state index contributed by atoms with van der Waals surface area (Å²) in [4.78, 5) is 0. The third kappa shape index (κ3) is 2.26.